The summed E-state index contributed by atoms with van der Waals surface area (Å²) in [7, 11) is 0. The number of rotatable bonds is 6. The van der Waals surface area contributed by atoms with Crippen molar-refractivity contribution >= 4 is 11.1 Å². The van der Waals surface area contributed by atoms with Crippen LogP contribution in [0.15, 0.2) is 182 Å². The van der Waals surface area contributed by atoms with Gasteiger partial charge < -0.3 is 0 Å². The van der Waals surface area contributed by atoms with Crippen LogP contribution in [0, 0.1) is 5.92 Å². The molecule has 0 spiro atoms. The lowest BCUT2D eigenvalue weighted by Crippen LogP contribution is -2.16. The summed E-state index contributed by atoms with van der Waals surface area (Å²) in [5.74, 6) is 1.10. The van der Waals surface area contributed by atoms with Crippen LogP contribution in [0.1, 0.15) is 72.4 Å². The van der Waals surface area contributed by atoms with Crippen molar-refractivity contribution in [2.24, 2.45) is 5.92 Å². The molecule has 0 N–H and O–H groups in total. The van der Waals surface area contributed by atoms with Gasteiger partial charge in [-0.2, -0.15) is 0 Å². The third-order valence-corrected chi connectivity index (χ3v) is 11.7. The fourth-order valence-electron chi connectivity index (χ4n) is 8.79. The van der Waals surface area contributed by atoms with E-state index in [1.807, 2.05) is 0 Å². The van der Waals surface area contributed by atoms with Gasteiger partial charge in [0.25, 0.3) is 0 Å². The van der Waals surface area contributed by atoms with E-state index in [1.54, 1.807) is 0 Å². The van der Waals surface area contributed by atoms with Crippen LogP contribution in [0.25, 0.3) is 44.5 Å². The topological polar surface area (TPSA) is 0 Å². The molecule has 0 aliphatic heterocycles. The van der Waals surface area contributed by atoms with Crippen molar-refractivity contribution in [2.45, 2.75) is 44.4 Å². The summed E-state index contributed by atoms with van der Waals surface area (Å²) >= 11 is 0. The lowest BCUT2D eigenvalue weighted by molar-refractivity contribution is 0.635. The molecule has 6 aromatic carbocycles. The van der Waals surface area contributed by atoms with Crippen LogP contribution in [0.2, 0.25) is 0 Å². The van der Waals surface area contributed by atoms with Crippen molar-refractivity contribution < 1.29 is 0 Å². The zero-order chi connectivity index (χ0) is 35.2. The lowest BCUT2D eigenvalue weighted by Gasteiger charge is -2.26. The molecular weight excluding hydrogens is 625 g/mol. The average Bonchev–Trinajstić information content (AvgIpc) is 3.43. The van der Waals surface area contributed by atoms with Crippen molar-refractivity contribution in [3.8, 4) is 33.4 Å². The maximum Gasteiger partial charge on any atom is 0.0159 e. The number of benzene rings is 6. The van der Waals surface area contributed by atoms with Gasteiger partial charge in [-0.15, -0.1) is 0 Å². The standard InChI is InChI=1S/C52H44/c1-35-15-13-14-22-47(35)46-31-43(38-20-11-6-12-21-38)30-45(32-46)40-24-26-49-48-25-23-39(33-50(48)52(2,3)51(49)34-40)44-28-41(36-16-7-4-8-17-36)27-42(29-44)37-18-9-5-10-19-37/h4-28,30-35,44,47H,29H2,1-3H3. The zero-order valence-corrected chi connectivity index (χ0v) is 30.3. The van der Waals surface area contributed by atoms with Crippen molar-refractivity contribution in [1.82, 2.24) is 0 Å². The second kappa shape index (κ2) is 13.1. The van der Waals surface area contributed by atoms with E-state index < -0.39 is 0 Å². The summed E-state index contributed by atoms with van der Waals surface area (Å²) in [6.07, 6.45) is 15.0. The van der Waals surface area contributed by atoms with Crippen molar-refractivity contribution in [1.29, 1.82) is 0 Å². The van der Waals surface area contributed by atoms with E-state index in [-0.39, 0.29) is 5.41 Å². The molecule has 3 unspecified atom stereocenters. The Morgan fingerprint density at radius 1 is 0.500 bits per heavy atom. The minimum Gasteiger partial charge on any atom is -0.0808 e. The molecule has 3 aliphatic carbocycles. The molecule has 0 heteroatoms. The van der Waals surface area contributed by atoms with Crippen molar-refractivity contribution in [3.63, 3.8) is 0 Å². The van der Waals surface area contributed by atoms with Gasteiger partial charge in [0.2, 0.25) is 0 Å². The first-order valence-electron chi connectivity index (χ1n) is 18.8. The second-order valence-electron chi connectivity index (χ2n) is 15.4. The number of fused-ring (bicyclic) bond motifs is 3. The van der Waals surface area contributed by atoms with E-state index in [0.29, 0.717) is 17.8 Å². The predicted molar refractivity (Wildman–Crippen MR) is 221 cm³/mol. The number of hydrogen-bond donors (Lipinski definition) is 0. The fraction of sp³-hybridized carbons (Fsp3) is 0.154. The zero-order valence-electron chi connectivity index (χ0n) is 30.3. The van der Waals surface area contributed by atoms with E-state index in [9.17, 15) is 0 Å². The Bertz CT molecular complexity index is 2400. The summed E-state index contributed by atoms with van der Waals surface area (Å²) < 4.78 is 0. The van der Waals surface area contributed by atoms with E-state index in [4.69, 9.17) is 0 Å². The van der Waals surface area contributed by atoms with Gasteiger partial charge in [0.15, 0.2) is 0 Å². The van der Waals surface area contributed by atoms with Crippen molar-refractivity contribution in [3.05, 3.63) is 215 Å². The number of hydrogen-bond acceptors (Lipinski definition) is 0. The van der Waals surface area contributed by atoms with E-state index in [0.717, 1.165) is 6.42 Å². The highest BCUT2D eigenvalue weighted by molar-refractivity contribution is 5.88. The van der Waals surface area contributed by atoms with Gasteiger partial charge >= 0.3 is 0 Å². The van der Waals surface area contributed by atoms with Gasteiger partial charge in [-0.1, -0.05) is 191 Å². The molecule has 0 saturated carbocycles. The van der Waals surface area contributed by atoms with Gasteiger partial charge in [0.1, 0.15) is 0 Å². The third-order valence-electron chi connectivity index (χ3n) is 11.7. The van der Waals surface area contributed by atoms with Crippen LogP contribution in [0.4, 0.5) is 0 Å². The molecule has 0 amide bonds. The average molecular weight is 669 g/mol. The Hall–Kier alpha value is -5.72. The summed E-state index contributed by atoms with van der Waals surface area (Å²) in [5.41, 5.74) is 18.6. The summed E-state index contributed by atoms with van der Waals surface area (Å²) in [6, 6.07) is 54.3. The molecule has 3 aliphatic rings. The quantitative estimate of drug-likeness (QED) is 0.166. The van der Waals surface area contributed by atoms with Crippen LogP contribution < -0.4 is 0 Å². The smallest absolute Gasteiger partial charge is 0.0159 e. The highest BCUT2D eigenvalue weighted by Crippen LogP contribution is 2.51. The van der Waals surface area contributed by atoms with Crippen molar-refractivity contribution in [2.75, 3.05) is 0 Å². The molecule has 0 fully saturated rings. The van der Waals surface area contributed by atoms with Crippen LogP contribution in [-0.4, -0.2) is 0 Å². The Balaban J connectivity index is 1.10. The highest BCUT2D eigenvalue weighted by atomic mass is 14.4. The van der Waals surface area contributed by atoms with Gasteiger partial charge in [0.05, 0.1) is 0 Å². The Morgan fingerprint density at radius 3 is 1.79 bits per heavy atom. The van der Waals surface area contributed by atoms with E-state index in [2.05, 4.69) is 203 Å². The molecule has 0 aromatic heterocycles. The first kappa shape index (κ1) is 32.2. The van der Waals surface area contributed by atoms with Crippen LogP contribution in [0.5, 0.6) is 0 Å². The summed E-state index contributed by atoms with van der Waals surface area (Å²) in [5, 5.41) is 0. The molecule has 3 atom stereocenters. The normalized spacial score (nSPS) is 19.8. The fourth-order valence-corrected chi connectivity index (χ4v) is 8.79. The monoisotopic (exact) mass is 668 g/mol. The third kappa shape index (κ3) is 5.83. The van der Waals surface area contributed by atoms with Crippen LogP contribution >= 0.6 is 0 Å². The van der Waals surface area contributed by atoms with Gasteiger partial charge in [0, 0.05) is 17.3 Å². The van der Waals surface area contributed by atoms with E-state index >= 15 is 0 Å². The number of allylic oxidation sites excluding steroid dienone is 8. The molecule has 0 bridgehead atoms. The predicted octanol–water partition coefficient (Wildman–Crippen LogP) is 13.8. The van der Waals surface area contributed by atoms with Crippen LogP contribution in [0.3, 0.4) is 0 Å². The highest BCUT2D eigenvalue weighted by Gasteiger charge is 2.36. The molecule has 52 heavy (non-hydrogen) atoms. The Morgan fingerprint density at radius 2 is 1.10 bits per heavy atom. The van der Waals surface area contributed by atoms with Crippen LogP contribution in [-0.2, 0) is 5.41 Å². The molecule has 6 aromatic rings. The largest absolute Gasteiger partial charge is 0.0808 e. The first-order valence-corrected chi connectivity index (χ1v) is 18.8. The minimum absolute atomic E-state index is 0.124. The second-order valence-corrected chi connectivity index (χ2v) is 15.4. The Labute approximate surface area is 309 Å². The SMILES string of the molecule is CC1C=CC=CC1c1cc(-c2ccccc2)cc(-c2ccc3c(c2)C(C)(C)c2cc(C4C=C(c5ccccc5)C=C(c5ccccc5)C4)ccc2-3)c1. The minimum atomic E-state index is -0.124. The molecule has 0 saturated heterocycles. The molecule has 0 heterocycles. The Kier molecular flexibility index (Phi) is 8.12. The van der Waals surface area contributed by atoms with Gasteiger partial charge in [-0.05, 0) is 102 Å². The maximum atomic E-state index is 2.52. The molecule has 0 radical (unpaired) electrons. The maximum absolute atomic E-state index is 2.52. The van der Waals surface area contributed by atoms with Gasteiger partial charge in [-0.25, -0.2) is 0 Å². The lowest BCUT2D eigenvalue weighted by atomic mass is 9.78. The molecule has 0 nitrogen and oxygen atoms in total. The van der Waals surface area contributed by atoms with E-state index in [1.165, 1.54) is 77.9 Å². The molecule has 9 rings (SSSR count). The molecule has 252 valence electrons. The summed E-state index contributed by atoms with van der Waals surface area (Å²) in [6.45, 7) is 7.16. The first-order chi connectivity index (χ1) is 25.4. The summed E-state index contributed by atoms with van der Waals surface area (Å²) in [4.78, 5) is 0. The molecular formula is C52H44. The van der Waals surface area contributed by atoms with Gasteiger partial charge in [-0.3, -0.25) is 0 Å².